The van der Waals surface area contributed by atoms with Gasteiger partial charge in [-0.25, -0.2) is 0 Å². The fourth-order valence-corrected chi connectivity index (χ4v) is 4.64. The molecule has 6 heteroatoms. The molecule has 3 heterocycles. The van der Waals surface area contributed by atoms with Crippen LogP contribution in [0.4, 0.5) is 0 Å². The predicted octanol–water partition coefficient (Wildman–Crippen LogP) is 3.29. The molecule has 0 spiro atoms. The summed E-state index contributed by atoms with van der Waals surface area (Å²) in [6, 6.07) is 18.2. The van der Waals surface area contributed by atoms with E-state index in [0.29, 0.717) is 12.2 Å². The molecule has 2 aromatic rings. The maximum atomic E-state index is 9.11. The fourth-order valence-electron chi connectivity index (χ4n) is 4.64. The molecule has 5 rings (SSSR count). The SMILES string of the molecule is CC(=Cc1ccccc1)CN1CCN(CC2ONC3=C2COc2cc(C#N)ccc23)CC1. The van der Waals surface area contributed by atoms with Gasteiger partial charge in [0.2, 0.25) is 0 Å². The van der Waals surface area contributed by atoms with Crippen molar-refractivity contribution in [3.63, 3.8) is 0 Å². The van der Waals surface area contributed by atoms with Crippen molar-refractivity contribution in [2.45, 2.75) is 13.0 Å². The van der Waals surface area contributed by atoms with E-state index in [2.05, 4.69) is 64.7 Å². The summed E-state index contributed by atoms with van der Waals surface area (Å²) in [6.45, 7) is 8.76. The summed E-state index contributed by atoms with van der Waals surface area (Å²) >= 11 is 0. The number of nitrogens with one attached hydrogen (secondary N) is 1. The molecular formula is C26H28N4O2. The minimum Gasteiger partial charge on any atom is -0.488 e. The Bertz CT molecular complexity index is 1080. The molecule has 3 aliphatic heterocycles. The van der Waals surface area contributed by atoms with Crippen LogP contribution in [0.2, 0.25) is 0 Å². The second-order valence-electron chi connectivity index (χ2n) is 8.70. The Morgan fingerprint density at radius 1 is 1.12 bits per heavy atom. The molecule has 6 nitrogen and oxygen atoms in total. The molecule has 0 bridgehead atoms. The zero-order chi connectivity index (χ0) is 21.9. The lowest BCUT2D eigenvalue weighted by Crippen LogP contribution is -2.49. The molecule has 0 aromatic heterocycles. The molecule has 1 fully saturated rings. The van der Waals surface area contributed by atoms with Crippen LogP contribution in [0, 0.1) is 11.3 Å². The Kier molecular flexibility index (Phi) is 5.95. The van der Waals surface area contributed by atoms with E-state index in [0.717, 1.165) is 61.9 Å². The quantitative estimate of drug-likeness (QED) is 0.789. The van der Waals surface area contributed by atoms with Crippen LogP contribution in [0.5, 0.6) is 5.75 Å². The van der Waals surface area contributed by atoms with Crippen molar-refractivity contribution >= 4 is 11.8 Å². The van der Waals surface area contributed by atoms with Gasteiger partial charge in [-0.05, 0) is 30.7 Å². The summed E-state index contributed by atoms with van der Waals surface area (Å²) in [5.41, 5.74) is 9.51. The van der Waals surface area contributed by atoms with Gasteiger partial charge in [0.1, 0.15) is 18.5 Å². The molecule has 32 heavy (non-hydrogen) atoms. The second-order valence-corrected chi connectivity index (χ2v) is 8.70. The number of benzene rings is 2. The molecule has 3 aliphatic rings. The third-order valence-corrected chi connectivity index (χ3v) is 6.35. The van der Waals surface area contributed by atoms with E-state index >= 15 is 0 Å². The van der Waals surface area contributed by atoms with Crippen molar-refractivity contribution in [3.8, 4) is 11.8 Å². The topological polar surface area (TPSA) is 60.8 Å². The molecule has 0 amide bonds. The molecular weight excluding hydrogens is 400 g/mol. The summed E-state index contributed by atoms with van der Waals surface area (Å²) in [6.07, 6.45) is 2.26. The third kappa shape index (κ3) is 4.42. The van der Waals surface area contributed by atoms with Crippen LogP contribution in [-0.2, 0) is 4.84 Å². The van der Waals surface area contributed by atoms with Crippen LogP contribution in [0.1, 0.15) is 23.6 Å². The first kappa shape index (κ1) is 20.8. The van der Waals surface area contributed by atoms with E-state index in [1.165, 1.54) is 11.1 Å². The molecule has 0 radical (unpaired) electrons. The first-order valence-corrected chi connectivity index (χ1v) is 11.2. The molecule has 1 N–H and O–H groups in total. The predicted molar refractivity (Wildman–Crippen MR) is 125 cm³/mol. The van der Waals surface area contributed by atoms with Crippen molar-refractivity contribution in [1.29, 1.82) is 5.26 Å². The zero-order valence-electron chi connectivity index (χ0n) is 18.4. The Morgan fingerprint density at radius 3 is 2.69 bits per heavy atom. The Morgan fingerprint density at radius 2 is 1.91 bits per heavy atom. The van der Waals surface area contributed by atoms with Gasteiger partial charge in [0.25, 0.3) is 0 Å². The Balaban J connectivity index is 1.16. The highest BCUT2D eigenvalue weighted by molar-refractivity contribution is 5.75. The van der Waals surface area contributed by atoms with Crippen LogP contribution >= 0.6 is 0 Å². The molecule has 2 aromatic carbocycles. The van der Waals surface area contributed by atoms with Crippen LogP contribution < -0.4 is 10.2 Å². The lowest BCUT2D eigenvalue weighted by atomic mass is 9.99. The first-order chi connectivity index (χ1) is 15.7. The summed E-state index contributed by atoms with van der Waals surface area (Å²) < 4.78 is 5.95. The smallest absolute Gasteiger partial charge is 0.130 e. The van der Waals surface area contributed by atoms with Crippen LogP contribution in [0.25, 0.3) is 11.8 Å². The summed E-state index contributed by atoms with van der Waals surface area (Å²) in [7, 11) is 0. The summed E-state index contributed by atoms with van der Waals surface area (Å²) in [4.78, 5) is 10.9. The van der Waals surface area contributed by atoms with E-state index in [-0.39, 0.29) is 6.10 Å². The maximum absolute atomic E-state index is 9.11. The Labute approximate surface area is 189 Å². The monoisotopic (exact) mass is 428 g/mol. The van der Waals surface area contributed by atoms with E-state index in [4.69, 9.17) is 14.8 Å². The summed E-state index contributed by atoms with van der Waals surface area (Å²) in [5, 5.41) is 9.11. The van der Waals surface area contributed by atoms with E-state index in [9.17, 15) is 0 Å². The van der Waals surface area contributed by atoms with Gasteiger partial charge in [0.15, 0.2) is 0 Å². The molecule has 1 unspecified atom stereocenters. The van der Waals surface area contributed by atoms with Crippen LogP contribution in [-0.4, -0.2) is 61.8 Å². The largest absolute Gasteiger partial charge is 0.488 e. The van der Waals surface area contributed by atoms with Gasteiger partial charge in [-0.15, -0.1) is 0 Å². The normalized spacial score (nSPS) is 21.4. The van der Waals surface area contributed by atoms with E-state index in [1.807, 2.05) is 12.1 Å². The molecule has 1 atom stereocenters. The lowest BCUT2D eigenvalue weighted by molar-refractivity contribution is 0.0118. The highest BCUT2D eigenvalue weighted by Crippen LogP contribution is 2.37. The number of rotatable bonds is 5. The average Bonchev–Trinajstić information content (AvgIpc) is 3.23. The molecule has 0 saturated carbocycles. The zero-order valence-corrected chi connectivity index (χ0v) is 18.4. The van der Waals surface area contributed by atoms with Gasteiger partial charge in [-0.3, -0.25) is 20.1 Å². The van der Waals surface area contributed by atoms with Crippen molar-refractivity contribution in [1.82, 2.24) is 15.3 Å². The highest BCUT2D eigenvalue weighted by Gasteiger charge is 2.34. The highest BCUT2D eigenvalue weighted by atomic mass is 16.7. The number of hydrogen-bond donors (Lipinski definition) is 1. The standard InChI is InChI=1S/C26H28N4O2/c1-19(13-20-5-3-2-4-6-20)16-29-9-11-30(12-10-29)17-25-23-18-31-24-14-21(15-27)7-8-22(24)26(23)28-32-25/h2-8,13-14,25,28H,9-12,16-18H2,1H3. The third-order valence-electron chi connectivity index (χ3n) is 6.35. The molecule has 1 saturated heterocycles. The van der Waals surface area contributed by atoms with E-state index in [1.54, 1.807) is 6.07 Å². The van der Waals surface area contributed by atoms with Crippen molar-refractivity contribution in [2.24, 2.45) is 0 Å². The number of fused-ring (bicyclic) bond motifs is 2. The van der Waals surface area contributed by atoms with Gasteiger partial charge in [-0.2, -0.15) is 5.26 Å². The van der Waals surface area contributed by atoms with Gasteiger partial charge in [0.05, 0.1) is 17.3 Å². The van der Waals surface area contributed by atoms with Crippen molar-refractivity contribution < 1.29 is 9.57 Å². The Hall–Kier alpha value is -3.11. The average molecular weight is 429 g/mol. The van der Waals surface area contributed by atoms with Gasteiger partial charge < -0.3 is 4.74 Å². The van der Waals surface area contributed by atoms with Crippen molar-refractivity contribution in [3.05, 3.63) is 76.4 Å². The fraction of sp³-hybridized carbons (Fsp3) is 0.346. The number of hydrogen-bond acceptors (Lipinski definition) is 6. The van der Waals surface area contributed by atoms with Gasteiger partial charge >= 0.3 is 0 Å². The molecule has 0 aliphatic carbocycles. The van der Waals surface area contributed by atoms with Crippen molar-refractivity contribution in [2.75, 3.05) is 45.9 Å². The van der Waals surface area contributed by atoms with Crippen LogP contribution in [0.3, 0.4) is 0 Å². The minimum atomic E-state index is -0.0138. The van der Waals surface area contributed by atoms with Gasteiger partial charge in [-0.1, -0.05) is 42.0 Å². The number of nitrogens with zero attached hydrogens (tertiary/aromatic N) is 3. The minimum absolute atomic E-state index is 0.0138. The number of nitriles is 1. The first-order valence-electron chi connectivity index (χ1n) is 11.2. The van der Waals surface area contributed by atoms with Gasteiger partial charge in [0, 0.05) is 50.4 Å². The number of piperazine rings is 1. The number of ether oxygens (including phenoxy) is 1. The number of hydroxylamine groups is 1. The molecule has 164 valence electrons. The summed E-state index contributed by atoms with van der Waals surface area (Å²) in [5.74, 6) is 0.743. The maximum Gasteiger partial charge on any atom is 0.130 e. The lowest BCUT2D eigenvalue weighted by Gasteiger charge is -2.36. The van der Waals surface area contributed by atoms with Crippen LogP contribution in [0.15, 0.2) is 59.7 Å². The second kappa shape index (κ2) is 9.17. The van der Waals surface area contributed by atoms with E-state index < -0.39 is 0 Å².